The lowest BCUT2D eigenvalue weighted by Crippen LogP contribution is -2.42. The van der Waals surface area contributed by atoms with Crippen molar-refractivity contribution in [3.05, 3.63) is 54.1 Å². The number of carboxylic acid groups (broad SMARTS) is 1. The molecule has 1 heterocycles. The van der Waals surface area contributed by atoms with Crippen LogP contribution in [0.3, 0.4) is 0 Å². The number of rotatable bonds is 5. The van der Waals surface area contributed by atoms with E-state index in [1.165, 1.54) is 28.6 Å². The number of fused-ring (bicyclic) bond motifs is 1. The third-order valence-electron chi connectivity index (χ3n) is 5.96. The van der Waals surface area contributed by atoms with Crippen molar-refractivity contribution >= 4 is 33.3 Å². The number of hydrogen-bond donors (Lipinski definition) is 1. The molecular formula is C22H23N2O5S-. The Labute approximate surface area is 175 Å². The number of benzene rings is 2. The first-order chi connectivity index (χ1) is 14.4. The average molecular weight is 428 g/mol. The van der Waals surface area contributed by atoms with Gasteiger partial charge in [-0.1, -0.05) is 31.0 Å². The second-order valence-electron chi connectivity index (χ2n) is 7.79. The number of para-hydroxylation sites is 1. The van der Waals surface area contributed by atoms with E-state index in [4.69, 9.17) is 0 Å². The van der Waals surface area contributed by atoms with Crippen LogP contribution in [0.5, 0.6) is 0 Å². The van der Waals surface area contributed by atoms with E-state index >= 15 is 0 Å². The molecule has 0 bridgehead atoms. The van der Waals surface area contributed by atoms with Gasteiger partial charge in [-0.2, -0.15) is 0 Å². The zero-order chi connectivity index (χ0) is 21.3. The molecule has 1 aliphatic carbocycles. The van der Waals surface area contributed by atoms with E-state index in [9.17, 15) is 23.1 Å². The molecule has 1 N–H and O–H groups in total. The molecule has 1 amide bonds. The largest absolute Gasteiger partial charge is 0.550 e. The monoisotopic (exact) mass is 427 g/mol. The van der Waals surface area contributed by atoms with Gasteiger partial charge >= 0.3 is 0 Å². The molecule has 158 valence electrons. The highest BCUT2D eigenvalue weighted by atomic mass is 32.2. The minimum Gasteiger partial charge on any atom is -0.550 e. The normalized spacial score (nSPS) is 21.1. The molecule has 1 fully saturated rings. The van der Waals surface area contributed by atoms with Gasteiger partial charge in [0.2, 0.25) is 5.91 Å². The van der Waals surface area contributed by atoms with E-state index in [-0.39, 0.29) is 10.8 Å². The number of aliphatic carboxylic acids is 1. The van der Waals surface area contributed by atoms with Crippen LogP contribution in [0.25, 0.3) is 0 Å². The van der Waals surface area contributed by atoms with Gasteiger partial charge in [0, 0.05) is 30.0 Å². The number of carboxylic acids is 1. The van der Waals surface area contributed by atoms with Crippen LogP contribution in [0.1, 0.15) is 31.2 Å². The van der Waals surface area contributed by atoms with Crippen molar-refractivity contribution in [1.82, 2.24) is 0 Å². The number of nitrogens with zero attached hydrogens (tertiary/aromatic N) is 1. The molecule has 4 rings (SSSR count). The summed E-state index contributed by atoms with van der Waals surface area (Å²) in [5.74, 6) is -2.97. The standard InChI is InChI=1S/C22H24N2O5S/c25-21(18-6-2-3-7-19(18)22(26)27)23-16-9-11-17(12-10-16)30(28,29)24-14-13-15-5-1-4-8-20(15)24/h1,4-5,8-12,18-19H,2-3,6-7,13-14H2,(H,23,25)(H,26,27)/p-1/t18-,19+/m0/s1. The quantitative estimate of drug-likeness (QED) is 0.785. The summed E-state index contributed by atoms with van der Waals surface area (Å²) in [5, 5.41) is 14.0. The molecule has 0 aromatic heterocycles. The fourth-order valence-electron chi connectivity index (χ4n) is 4.36. The van der Waals surface area contributed by atoms with Crippen molar-refractivity contribution in [3.63, 3.8) is 0 Å². The molecule has 2 aromatic carbocycles. The van der Waals surface area contributed by atoms with Crippen molar-refractivity contribution in [2.24, 2.45) is 11.8 Å². The summed E-state index contributed by atoms with van der Waals surface area (Å²) >= 11 is 0. The molecule has 0 saturated heterocycles. The Morgan fingerprint density at radius 3 is 2.33 bits per heavy atom. The lowest BCUT2D eigenvalue weighted by atomic mass is 9.78. The van der Waals surface area contributed by atoms with E-state index in [1.54, 1.807) is 6.07 Å². The molecule has 0 unspecified atom stereocenters. The first-order valence-corrected chi connectivity index (χ1v) is 11.5. The topological polar surface area (TPSA) is 107 Å². The van der Waals surface area contributed by atoms with Crippen LogP contribution in [0.4, 0.5) is 11.4 Å². The minimum absolute atomic E-state index is 0.141. The highest BCUT2D eigenvalue weighted by Crippen LogP contribution is 2.33. The molecule has 1 saturated carbocycles. The van der Waals surface area contributed by atoms with E-state index in [0.717, 1.165) is 18.4 Å². The van der Waals surface area contributed by atoms with Gasteiger partial charge in [0.25, 0.3) is 10.0 Å². The van der Waals surface area contributed by atoms with Crippen molar-refractivity contribution in [2.45, 2.75) is 37.0 Å². The first kappa shape index (κ1) is 20.4. The highest BCUT2D eigenvalue weighted by molar-refractivity contribution is 7.92. The van der Waals surface area contributed by atoms with Crippen molar-refractivity contribution < 1.29 is 23.1 Å². The van der Waals surface area contributed by atoms with Crippen LogP contribution in [0, 0.1) is 11.8 Å². The number of amides is 1. The number of carbonyl (C=O) groups excluding carboxylic acids is 2. The number of carbonyl (C=O) groups is 2. The maximum atomic E-state index is 13.1. The van der Waals surface area contributed by atoms with Crippen LogP contribution in [-0.4, -0.2) is 26.8 Å². The number of anilines is 2. The minimum atomic E-state index is -3.70. The lowest BCUT2D eigenvalue weighted by Gasteiger charge is -2.31. The van der Waals surface area contributed by atoms with E-state index in [2.05, 4.69) is 5.32 Å². The Morgan fingerprint density at radius 2 is 1.63 bits per heavy atom. The Morgan fingerprint density at radius 1 is 0.967 bits per heavy atom. The summed E-state index contributed by atoms with van der Waals surface area (Å²) in [7, 11) is -3.70. The predicted molar refractivity (Wildman–Crippen MR) is 110 cm³/mol. The molecule has 1 aliphatic heterocycles. The van der Waals surface area contributed by atoms with Crippen LogP contribution in [0.15, 0.2) is 53.4 Å². The molecule has 0 radical (unpaired) electrons. The molecule has 8 heteroatoms. The summed E-state index contributed by atoms with van der Waals surface area (Å²) in [4.78, 5) is 24.1. The Hall–Kier alpha value is -2.87. The summed E-state index contributed by atoms with van der Waals surface area (Å²) in [6, 6.07) is 13.4. The van der Waals surface area contributed by atoms with Crippen LogP contribution in [-0.2, 0) is 26.0 Å². The summed E-state index contributed by atoms with van der Waals surface area (Å²) in [6.45, 7) is 0.395. The number of nitrogens with one attached hydrogen (secondary N) is 1. The van der Waals surface area contributed by atoms with Crippen LogP contribution >= 0.6 is 0 Å². The van der Waals surface area contributed by atoms with E-state index < -0.39 is 27.8 Å². The van der Waals surface area contributed by atoms with Crippen LogP contribution in [0.2, 0.25) is 0 Å². The maximum absolute atomic E-state index is 13.1. The first-order valence-electron chi connectivity index (χ1n) is 10.1. The number of sulfonamides is 1. The zero-order valence-corrected chi connectivity index (χ0v) is 17.2. The van der Waals surface area contributed by atoms with Gasteiger partial charge in [-0.05, 0) is 55.2 Å². The predicted octanol–water partition coefficient (Wildman–Crippen LogP) is 1.93. The fraction of sp³-hybridized carbons (Fsp3) is 0.364. The molecule has 0 spiro atoms. The third kappa shape index (κ3) is 3.79. The van der Waals surface area contributed by atoms with Gasteiger partial charge < -0.3 is 15.2 Å². The lowest BCUT2D eigenvalue weighted by molar-refractivity contribution is -0.313. The molecule has 2 aliphatic rings. The fourth-order valence-corrected chi connectivity index (χ4v) is 5.86. The average Bonchev–Trinajstić information content (AvgIpc) is 3.19. The Balaban J connectivity index is 1.49. The highest BCUT2D eigenvalue weighted by Gasteiger charge is 2.32. The van der Waals surface area contributed by atoms with Gasteiger partial charge in [0.15, 0.2) is 0 Å². The molecule has 7 nitrogen and oxygen atoms in total. The van der Waals surface area contributed by atoms with Crippen LogP contribution < -0.4 is 14.7 Å². The molecule has 30 heavy (non-hydrogen) atoms. The van der Waals surface area contributed by atoms with Gasteiger partial charge in [0.05, 0.1) is 10.6 Å². The molecule has 2 aromatic rings. The zero-order valence-electron chi connectivity index (χ0n) is 16.4. The van der Waals surface area contributed by atoms with E-state index in [0.29, 0.717) is 37.2 Å². The van der Waals surface area contributed by atoms with E-state index in [1.807, 2.05) is 18.2 Å². The molecule has 2 atom stereocenters. The van der Waals surface area contributed by atoms with Gasteiger partial charge in [-0.3, -0.25) is 9.10 Å². The van der Waals surface area contributed by atoms with Crippen molar-refractivity contribution in [2.75, 3.05) is 16.2 Å². The van der Waals surface area contributed by atoms with Gasteiger partial charge in [-0.15, -0.1) is 0 Å². The smallest absolute Gasteiger partial charge is 0.264 e. The van der Waals surface area contributed by atoms with Crippen molar-refractivity contribution in [3.8, 4) is 0 Å². The SMILES string of the molecule is O=C(Nc1ccc(S(=O)(=O)N2CCc3ccccc32)cc1)[C@H]1CCCC[C@H]1C(=O)[O-]. The maximum Gasteiger partial charge on any atom is 0.264 e. The van der Waals surface area contributed by atoms with Crippen molar-refractivity contribution in [1.29, 1.82) is 0 Å². The van der Waals surface area contributed by atoms with Gasteiger partial charge in [0.1, 0.15) is 0 Å². The summed E-state index contributed by atoms with van der Waals surface area (Å²) in [6.07, 6.45) is 3.19. The number of hydrogen-bond acceptors (Lipinski definition) is 5. The third-order valence-corrected chi connectivity index (χ3v) is 7.79. The second kappa shape index (κ2) is 8.10. The Bertz CT molecular complexity index is 1070. The van der Waals surface area contributed by atoms with Gasteiger partial charge in [-0.25, -0.2) is 8.42 Å². The Kier molecular flexibility index (Phi) is 5.51. The molecular weight excluding hydrogens is 404 g/mol. The summed E-state index contributed by atoms with van der Waals surface area (Å²) < 4.78 is 27.5. The summed E-state index contributed by atoms with van der Waals surface area (Å²) in [5.41, 5.74) is 2.13. The second-order valence-corrected chi connectivity index (χ2v) is 9.65.